The largest absolute Gasteiger partial charge is 0.449 e. The zero-order valence-electron chi connectivity index (χ0n) is 20.7. The van der Waals surface area contributed by atoms with Crippen LogP contribution in [0, 0.1) is 5.41 Å². The number of tetrazole rings is 1. The summed E-state index contributed by atoms with van der Waals surface area (Å²) in [6.07, 6.45) is -0.620. The molecule has 12 heteroatoms. The van der Waals surface area contributed by atoms with Gasteiger partial charge in [-0.05, 0) is 36.4 Å². The molecule has 12 nitrogen and oxygen atoms in total. The molecule has 36 heavy (non-hydrogen) atoms. The van der Waals surface area contributed by atoms with Gasteiger partial charge in [-0.15, -0.1) is 5.10 Å². The molecule has 0 saturated carbocycles. The number of hydrogen-bond donors (Lipinski definition) is 1. The van der Waals surface area contributed by atoms with Crippen molar-refractivity contribution >= 4 is 17.6 Å². The highest BCUT2D eigenvalue weighted by Crippen LogP contribution is 2.29. The van der Waals surface area contributed by atoms with Crippen LogP contribution in [0.2, 0.25) is 0 Å². The monoisotopic (exact) mass is 495 g/mol. The average molecular weight is 496 g/mol. The molecule has 3 aromatic rings. The smallest absolute Gasteiger partial charge is 0.412 e. The van der Waals surface area contributed by atoms with Gasteiger partial charge in [0, 0.05) is 18.0 Å². The van der Waals surface area contributed by atoms with Crippen molar-refractivity contribution in [2.45, 2.75) is 33.2 Å². The van der Waals surface area contributed by atoms with Crippen LogP contribution in [-0.4, -0.2) is 62.6 Å². The highest BCUT2D eigenvalue weighted by molar-refractivity contribution is 6.10. The normalized spacial score (nSPS) is 16.8. The second kappa shape index (κ2) is 10.8. The molecule has 0 bridgehead atoms. The fourth-order valence-electron chi connectivity index (χ4n) is 3.28. The number of aryl methyl sites for hydroxylation is 1. The number of anilines is 1. The van der Waals surface area contributed by atoms with Crippen molar-refractivity contribution in [3.05, 3.63) is 65.6 Å². The van der Waals surface area contributed by atoms with Crippen molar-refractivity contribution in [2.75, 3.05) is 25.1 Å². The number of ether oxygens (including phenoxy) is 3. The lowest BCUT2D eigenvalue weighted by Gasteiger charge is -2.40. The number of carbonyl (C=O) groups is 1. The molecule has 1 fully saturated rings. The van der Waals surface area contributed by atoms with Crippen LogP contribution in [0.1, 0.15) is 37.9 Å². The van der Waals surface area contributed by atoms with Crippen LogP contribution in [0.25, 0.3) is 0 Å². The van der Waals surface area contributed by atoms with Crippen LogP contribution in [0.3, 0.4) is 0 Å². The zero-order chi connectivity index (χ0) is 25.6. The number of nitrogens with one attached hydrogen (secondary N) is 1. The maximum Gasteiger partial charge on any atom is 0.412 e. The summed E-state index contributed by atoms with van der Waals surface area (Å²) >= 11 is 0. The summed E-state index contributed by atoms with van der Waals surface area (Å²) in [7, 11) is 1.72. The van der Waals surface area contributed by atoms with Crippen LogP contribution in [0.4, 0.5) is 10.6 Å². The first-order valence-electron chi connectivity index (χ1n) is 11.4. The van der Waals surface area contributed by atoms with Crippen LogP contribution in [-0.2, 0) is 32.7 Å². The zero-order valence-corrected chi connectivity index (χ0v) is 20.7. The molecular formula is C24H29N7O5. The van der Waals surface area contributed by atoms with Gasteiger partial charge in [0.2, 0.25) is 5.82 Å². The summed E-state index contributed by atoms with van der Waals surface area (Å²) in [6.45, 7) is 6.70. The molecule has 1 aromatic carbocycles. The summed E-state index contributed by atoms with van der Waals surface area (Å²) in [5.74, 6) is 0.150. The van der Waals surface area contributed by atoms with Crippen molar-refractivity contribution in [3.63, 3.8) is 0 Å². The number of oxime groups is 1. The van der Waals surface area contributed by atoms with E-state index in [0.717, 1.165) is 5.56 Å². The lowest BCUT2D eigenvalue weighted by atomic mass is 9.93. The predicted molar refractivity (Wildman–Crippen MR) is 129 cm³/mol. The molecule has 0 atom stereocenters. The highest BCUT2D eigenvalue weighted by atomic mass is 16.7. The Morgan fingerprint density at radius 3 is 2.56 bits per heavy atom. The Labute approximate surface area is 208 Å². The number of aromatic nitrogens is 5. The topological polar surface area (TPSA) is 135 Å². The Morgan fingerprint density at radius 1 is 1.11 bits per heavy atom. The van der Waals surface area contributed by atoms with Crippen molar-refractivity contribution < 1.29 is 23.8 Å². The molecule has 1 N–H and O–H groups in total. The first kappa shape index (κ1) is 25.2. The maximum atomic E-state index is 12.3. The molecule has 1 amide bonds. The Bertz CT molecular complexity index is 1200. The minimum atomic E-state index is -0.634. The predicted octanol–water partition coefficient (Wildman–Crippen LogP) is 2.91. The molecular weight excluding hydrogens is 466 g/mol. The molecule has 3 heterocycles. The highest BCUT2D eigenvalue weighted by Gasteiger charge is 2.37. The minimum absolute atomic E-state index is 0.0642. The fraction of sp³-hybridized carbons (Fsp3) is 0.417. The van der Waals surface area contributed by atoms with Crippen LogP contribution >= 0.6 is 0 Å². The molecule has 0 unspecified atom stereocenters. The number of nitrogens with zero attached hydrogens (tertiary/aromatic N) is 6. The lowest BCUT2D eigenvalue weighted by Crippen LogP contribution is -2.47. The Morgan fingerprint density at radius 2 is 1.86 bits per heavy atom. The Hall–Kier alpha value is -3.90. The maximum absolute atomic E-state index is 12.3. The first-order chi connectivity index (χ1) is 17.2. The van der Waals surface area contributed by atoms with E-state index in [0.29, 0.717) is 36.3 Å². The van der Waals surface area contributed by atoms with E-state index in [4.69, 9.17) is 19.0 Å². The van der Waals surface area contributed by atoms with Gasteiger partial charge in [0.25, 0.3) is 0 Å². The minimum Gasteiger partial charge on any atom is -0.449 e. The van der Waals surface area contributed by atoms with Crippen molar-refractivity contribution in [3.8, 4) is 0 Å². The van der Waals surface area contributed by atoms with Crippen molar-refractivity contribution in [1.29, 1.82) is 0 Å². The van der Waals surface area contributed by atoms with E-state index in [-0.39, 0.29) is 13.2 Å². The van der Waals surface area contributed by atoms with Crippen LogP contribution in [0.15, 0.2) is 53.7 Å². The number of rotatable bonds is 8. The Balaban J connectivity index is 1.34. The van der Waals surface area contributed by atoms with Gasteiger partial charge in [-0.25, -0.2) is 14.5 Å². The summed E-state index contributed by atoms with van der Waals surface area (Å²) < 4.78 is 18.3. The molecule has 1 aliphatic rings. The Kier molecular flexibility index (Phi) is 7.55. The van der Waals surface area contributed by atoms with E-state index >= 15 is 0 Å². The molecule has 2 aromatic heterocycles. The lowest BCUT2D eigenvalue weighted by molar-refractivity contribution is -0.286. The third-order valence-electron chi connectivity index (χ3n) is 5.37. The fourth-order valence-corrected chi connectivity index (χ4v) is 3.28. The molecule has 1 aliphatic heterocycles. The van der Waals surface area contributed by atoms with E-state index in [9.17, 15) is 4.79 Å². The first-order valence-corrected chi connectivity index (χ1v) is 11.4. The van der Waals surface area contributed by atoms with Crippen LogP contribution < -0.4 is 5.32 Å². The van der Waals surface area contributed by atoms with Gasteiger partial charge < -0.3 is 19.0 Å². The summed E-state index contributed by atoms with van der Waals surface area (Å²) in [5, 5.41) is 18.5. The van der Waals surface area contributed by atoms with Crippen molar-refractivity contribution in [1.82, 2.24) is 25.2 Å². The second-order valence-electron chi connectivity index (χ2n) is 9.21. The SMILES string of the molecule is Cn1nnnc1/C(=N\OCc1cccc(NC(=O)OCC2(C)COC(C)(C)OC2)n1)c1ccccc1. The third-order valence-corrected chi connectivity index (χ3v) is 5.37. The molecule has 0 aliphatic carbocycles. The molecule has 4 rings (SSSR count). The number of hydrogen-bond acceptors (Lipinski definition) is 10. The van der Waals surface area contributed by atoms with E-state index in [1.54, 1.807) is 25.2 Å². The molecule has 190 valence electrons. The van der Waals surface area contributed by atoms with Crippen molar-refractivity contribution in [2.24, 2.45) is 17.6 Å². The van der Waals surface area contributed by atoms with Crippen LogP contribution in [0.5, 0.6) is 0 Å². The second-order valence-corrected chi connectivity index (χ2v) is 9.21. The van der Waals surface area contributed by atoms with E-state index in [1.807, 2.05) is 51.1 Å². The average Bonchev–Trinajstić information content (AvgIpc) is 3.29. The number of benzene rings is 1. The quantitative estimate of drug-likeness (QED) is 0.370. The molecule has 1 saturated heterocycles. The van der Waals surface area contributed by atoms with Gasteiger partial charge in [0.05, 0.1) is 18.9 Å². The van der Waals surface area contributed by atoms with Gasteiger partial charge >= 0.3 is 6.09 Å². The standard InChI is InChI=1S/C24H29N7O5/c1-23(2)34-15-24(3,16-35-23)14-33-22(32)26-19-12-8-11-18(25-19)13-36-28-20(17-9-6-5-7-10-17)21-27-29-30-31(21)4/h5-12H,13-16H2,1-4H3,(H,25,26,32)/b28-20-. The van der Waals surface area contributed by atoms with Gasteiger partial charge in [-0.3, -0.25) is 5.32 Å². The van der Waals surface area contributed by atoms with E-state index in [1.165, 1.54) is 4.68 Å². The number of carbonyl (C=O) groups excluding carboxylic acids is 1. The van der Waals surface area contributed by atoms with Gasteiger partial charge in [-0.2, -0.15) is 0 Å². The molecule has 0 radical (unpaired) electrons. The summed E-state index contributed by atoms with van der Waals surface area (Å²) in [5.41, 5.74) is 1.41. The third kappa shape index (κ3) is 6.61. The number of pyridine rings is 1. The van der Waals surface area contributed by atoms with Gasteiger partial charge in [0.1, 0.15) is 12.4 Å². The number of amides is 1. The van der Waals surface area contributed by atoms with Gasteiger partial charge in [0.15, 0.2) is 18.1 Å². The summed E-state index contributed by atoms with van der Waals surface area (Å²) in [4.78, 5) is 22.3. The van der Waals surface area contributed by atoms with E-state index in [2.05, 4.69) is 31.0 Å². The van der Waals surface area contributed by atoms with Gasteiger partial charge in [-0.1, -0.05) is 48.5 Å². The summed E-state index contributed by atoms with van der Waals surface area (Å²) in [6, 6.07) is 14.6. The van der Waals surface area contributed by atoms with E-state index < -0.39 is 17.3 Å². The molecule has 0 spiro atoms.